The van der Waals surface area contributed by atoms with Crippen LogP contribution in [0.1, 0.15) is 36.0 Å². The highest BCUT2D eigenvalue weighted by molar-refractivity contribution is 9.10. The molecule has 114 valence electrons. The highest BCUT2D eigenvalue weighted by Gasteiger charge is 2.46. The Hall–Kier alpha value is -1.12. The van der Waals surface area contributed by atoms with Crippen molar-refractivity contribution in [2.45, 2.75) is 32.2 Å². The Morgan fingerprint density at radius 1 is 1.14 bits per heavy atom. The second kappa shape index (κ2) is 5.50. The van der Waals surface area contributed by atoms with Crippen LogP contribution in [-0.2, 0) is 13.0 Å². The first kappa shape index (κ1) is 14.5. The third kappa shape index (κ3) is 2.43. The summed E-state index contributed by atoms with van der Waals surface area (Å²) in [6.45, 7) is 5.98. The molecule has 22 heavy (non-hydrogen) atoms. The summed E-state index contributed by atoms with van der Waals surface area (Å²) in [6, 6.07) is 17.6. The number of likely N-dealkylation sites (tertiary alicyclic amines) is 1. The molecule has 0 radical (unpaired) electrons. The van der Waals surface area contributed by atoms with Crippen molar-refractivity contribution in [2.75, 3.05) is 13.1 Å². The molecule has 2 aliphatic rings. The summed E-state index contributed by atoms with van der Waals surface area (Å²) in [4.78, 5) is 2.65. The molecular formula is C20H22BrN. The maximum Gasteiger partial charge on any atom is 0.0234 e. The number of rotatable bonds is 2. The van der Waals surface area contributed by atoms with Gasteiger partial charge in [-0.1, -0.05) is 65.3 Å². The van der Waals surface area contributed by atoms with Crippen LogP contribution in [0.5, 0.6) is 0 Å². The van der Waals surface area contributed by atoms with E-state index in [1.54, 1.807) is 11.1 Å². The van der Waals surface area contributed by atoms with Crippen molar-refractivity contribution in [1.29, 1.82) is 0 Å². The van der Waals surface area contributed by atoms with Crippen LogP contribution in [0, 0.1) is 5.41 Å². The van der Waals surface area contributed by atoms with Gasteiger partial charge in [0, 0.05) is 30.0 Å². The van der Waals surface area contributed by atoms with Gasteiger partial charge < -0.3 is 0 Å². The van der Waals surface area contributed by atoms with E-state index in [9.17, 15) is 0 Å². The fraction of sp³-hybridized carbons (Fsp3) is 0.400. The monoisotopic (exact) mass is 355 g/mol. The minimum Gasteiger partial charge on any atom is -0.298 e. The van der Waals surface area contributed by atoms with Crippen molar-refractivity contribution in [3.05, 3.63) is 69.7 Å². The lowest BCUT2D eigenvalue weighted by Crippen LogP contribution is -2.30. The zero-order valence-electron chi connectivity index (χ0n) is 13.1. The summed E-state index contributed by atoms with van der Waals surface area (Å²) in [5.74, 6) is 0.678. The van der Waals surface area contributed by atoms with Crippen molar-refractivity contribution < 1.29 is 0 Å². The predicted octanol–water partition coefficient (Wildman–Crippen LogP) is 5.00. The first-order valence-electron chi connectivity index (χ1n) is 8.19. The van der Waals surface area contributed by atoms with Gasteiger partial charge in [-0.05, 0) is 41.0 Å². The maximum absolute atomic E-state index is 3.75. The van der Waals surface area contributed by atoms with Gasteiger partial charge in [0.15, 0.2) is 0 Å². The van der Waals surface area contributed by atoms with Crippen LogP contribution >= 0.6 is 15.9 Å². The number of nitrogens with zero attached hydrogens (tertiary/aromatic N) is 1. The summed E-state index contributed by atoms with van der Waals surface area (Å²) < 4.78 is 1.30. The van der Waals surface area contributed by atoms with Gasteiger partial charge in [-0.25, -0.2) is 0 Å². The van der Waals surface area contributed by atoms with Gasteiger partial charge in [-0.3, -0.25) is 4.90 Å². The summed E-state index contributed by atoms with van der Waals surface area (Å²) in [7, 11) is 0. The van der Waals surface area contributed by atoms with E-state index in [0.717, 1.165) is 6.54 Å². The molecule has 4 rings (SSSR count). The molecule has 0 amide bonds. The Morgan fingerprint density at radius 3 is 2.77 bits per heavy atom. The second-order valence-corrected chi connectivity index (χ2v) is 8.02. The lowest BCUT2D eigenvalue weighted by molar-refractivity contribution is 0.240. The Bertz CT molecular complexity index is 681. The molecule has 2 heteroatoms. The smallest absolute Gasteiger partial charge is 0.0234 e. The van der Waals surface area contributed by atoms with Crippen molar-refractivity contribution in [3.63, 3.8) is 0 Å². The van der Waals surface area contributed by atoms with Crippen LogP contribution in [0.15, 0.2) is 53.0 Å². The van der Waals surface area contributed by atoms with Gasteiger partial charge in [0.05, 0.1) is 0 Å². The SMILES string of the molecule is CC12CCc3c(Br)cccc3C1CN(Cc1ccccc1)C2. The van der Waals surface area contributed by atoms with Gasteiger partial charge in [-0.2, -0.15) is 0 Å². The van der Waals surface area contributed by atoms with Gasteiger partial charge in [0.1, 0.15) is 0 Å². The largest absolute Gasteiger partial charge is 0.298 e. The normalized spacial score (nSPS) is 27.5. The Balaban J connectivity index is 1.61. The van der Waals surface area contributed by atoms with Gasteiger partial charge in [0.25, 0.3) is 0 Å². The number of hydrogen-bond acceptors (Lipinski definition) is 1. The number of hydrogen-bond donors (Lipinski definition) is 0. The topological polar surface area (TPSA) is 3.24 Å². The highest BCUT2D eigenvalue weighted by Crippen LogP contribution is 2.51. The van der Waals surface area contributed by atoms with Gasteiger partial charge in [0.2, 0.25) is 0 Å². The summed E-state index contributed by atoms with van der Waals surface area (Å²) >= 11 is 3.75. The molecule has 1 aliphatic carbocycles. The van der Waals surface area contributed by atoms with E-state index in [-0.39, 0.29) is 0 Å². The number of halogens is 1. The molecule has 2 aromatic carbocycles. The standard InChI is InChI=1S/C20H22BrN/c1-20-11-10-17-16(8-5-9-19(17)21)18(20)13-22(14-20)12-15-6-3-2-4-7-15/h2-9,18H,10-14H2,1H3. The third-order valence-electron chi connectivity index (χ3n) is 5.59. The lowest BCUT2D eigenvalue weighted by Gasteiger charge is -2.37. The first-order chi connectivity index (χ1) is 10.7. The Kier molecular flexibility index (Phi) is 3.62. The van der Waals surface area contributed by atoms with Gasteiger partial charge in [-0.15, -0.1) is 0 Å². The van der Waals surface area contributed by atoms with Crippen LogP contribution in [0.2, 0.25) is 0 Å². The molecule has 1 heterocycles. The molecule has 0 spiro atoms. The van der Waals surface area contributed by atoms with Crippen LogP contribution in [0.4, 0.5) is 0 Å². The van der Waals surface area contributed by atoms with Crippen LogP contribution < -0.4 is 0 Å². The molecule has 1 nitrogen and oxygen atoms in total. The van der Waals surface area contributed by atoms with E-state index in [1.165, 1.54) is 36.0 Å². The van der Waals surface area contributed by atoms with Crippen molar-refractivity contribution in [2.24, 2.45) is 5.41 Å². The highest BCUT2D eigenvalue weighted by atomic mass is 79.9. The molecule has 2 unspecified atom stereocenters. The second-order valence-electron chi connectivity index (χ2n) is 7.17. The molecule has 0 N–H and O–H groups in total. The van der Waals surface area contributed by atoms with E-state index in [4.69, 9.17) is 0 Å². The van der Waals surface area contributed by atoms with Gasteiger partial charge >= 0.3 is 0 Å². The third-order valence-corrected chi connectivity index (χ3v) is 6.34. The molecule has 0 bridgehead atoms. The summed E-state index contributed by atoms with van der Waals surface area (Å²) in [6.07, 6.45) is 2.52. The van der Waals surface area contributed by atoms with Crippen LogP contribution in [0.25, 0.3) is 0 Å². The first-order valence-corrected chi connectivity index (χ1v) is 8.99. The Labute approximate surface area is 141 Å². The average Bonchev–Trinajstić information content (AvgIpc) is 2.85. The minimum absolute atomic E-state index is 0.433. The van der Waals surface area contributed by atoms with Crippen LogP contribution in [-0.4, -0.2) is 18.0 Å². The van der Waals surface area contributed by atoms with Crippen molar-refractivity contribution in [3.8, 4) is 0 Å². The van der Waals surface area contributed by atoms with Crippen molar-refractivity contribution >= 4 is 15.9 Å². The quantitative estimate of drug-likeness (QED) is 0.732. The summed E-state index contributed by atoms with van der Waals surface area (Å²) in [5, 5.41) is 0. The maximum atomic E-state index is 3.75. The van der Waals surface area contributed by atoms with E-state index < -0.39 is 0 Å². The molecule has 2 aromatic rings. The number of benzene rings is 2. The van der Waals surface area contributed by atoms with E-state index >= 15 is 0 Å². The molecule has 1 saturated heterocycles. The number of fused-ring (bicyclic) bond motifs is 3. The van der Waals surface area contributed by atoms with E-state index in [0.29, 0.717) is 11.3 Å². The van der Waals surface area contributed by atoms with E-state index in [1.807, 2.05) is 0 Å². The average molecular weight is 356 g/mol. The van der Waals surface area contributed by atoms with Crippen molar-refractivity contribution in [1.82, 2.24) is 4.90 Å². The fourth-order valence-electron chi connectivity index (χ4n) is 4.43. The molecule has 0 saturated carbocycles. The lowest BCUT2D eigenvalue weighted by atomic mass is 9.67. The molecule has 2 atom stereocenters. The molecule has 1 fully saturated rings. The molecular weight excluding hydrogens is 334 g/mol. The van der Waals surface area contributed by atoms with E-state index in [2.05, 4.69) is 76.3 Å². The predicted molar refractivity (Wildman–Crippen MR) is 95.0 cm³/mol. The Morgan fingerprint density at radius 2 is 1.95 bits per heavy atom. The van der Waals surface area contributed by atoms with Crippen LogP contribution in [0.3, 0.4) is 0 Å². The molecule has 0 aromatic heterocycles. The fourth-order valence-corrected chi connectivity index (χ4v) is 5.01. The molecule has 1 aliphatic heterocycles. The zero-order valence-corrected chi connectivity index (χ0v) is 14.6. The zero-order chi connectivity index (χ0) is 15.2. The minimum atomic E-state index is 0.433. The summed E-state index contributed by atoms with van der Waals surface area (Å²) in [5.41, 5.74) is 4.99.